The van der Waals surface area contributed by atoms with E-state index in [0.29, 0.717) is 23.7 Å². The number of methoxy groups -OCH3 is 3. The maximum Gasteiger partial charge on any atom is 0.328 e. The molecule has 2 aromatic carbocycles. The molecule has 0 aliphatic heterocycles. The Morgan fingerprint density at radius 2 is 1.57 bits per heavy atom. The Bertz CT molecular complexity index is 781. The Labute approximate surface area is 164 Å². The summed E-state index contributed by atoms with van der Waals surface area (Å²) in [6.45, 7) is 1.95. The second-order valence-electron chi connectivity index (χ2n) is 5.88. The first kappa shape index (κ1) is 21.1. The maximum absolute atomic E-state index is 12.8. The van der Waals surface area contributed by atoms with Crippen LogP contribution in [0.4, 0.5) is 0 Å². The van der Waals surface area contributed by atoms with Crippen molar-refractivity contribution in [2.75, 3.05) is 27.9 Å². The number of carbonyl (C=O) groups is 2. The monoisotopic (exact) mass is 387 g/mol. The van der Waals surface area contributed by atoms with E-state index in [0.717, 1.165) is 5.56 Å². The first-order valence-electron chi connectivity index (χ1n) is 8.85. The minimum atomic E-state index is -0.825. The highest BCUT2D eigenvalue weighted by atomic mass is 16.5. The van der Waals surface area contributed by atoms with Crippen LogP contribution in [0.25, 0.3) is 0 Å². The molecule has 0 aromatic heterocycles. The molecule has 0 saturated heterocycles. The molecule has 1 atom stereocenters. The van der Waals surface area contributed by atoms with E-state index in [1.807, 2.05) is 30.3 Å². The third-order valence-corrected chi connectivity index (χ3v) is 4.09. The van der Waals surface area contributed by atoms with Crippen LogP contribution in [0, 0.1) is 0 Å². The molecule has 1 amide bonds. The molecule has 0 heterocycles. The number of rotatable bonds is 9. The lowest BCUT2D eigenvalue weighted by Gasteiger charge is -2.19. The van der Waals surface area contributed by atoms with Crippen molar-refractivity contribution >= 4 is 11.9 Å². The number of benzene rings is 2. The average molecular weight is 387 g/mol. The zero-order valence-corrected chi connectivity index (χ0v) is 16.5. The number of nitrogens with one attached hydrogen (secondary N) is 1. The topological polar surface area (TPSA) is 83.1 Å². The van der Waals surface area contributed by atoms with E-state index in [1.165, 1.54) is 33.5 Å². The largest absolute Gasteiger partial charge is 0.493 e. The molecule has 7 heteroatoms. The van der Waals surface area contributed by atoms with Gasteiger partial charge in [0.05, 0.1) is 27.9 Å². The Balaban J connectivity index is 2.28. The molecule has 0 spiro atoms. The van der Waals surface area contributed by atoms with Crippen molar-refractivity contribution in [1.29, 1.82) is 0 Å². The quantitative estimate of drug-likeness (QED) is 0.666. The van der Waals surface area contributed by atoms with E-state index in [1.54, 1.807) is 6.92 Å². The summed E-state index contributed by atoms with van der Waals surface area (Å²) in [6, 6.07) is 11.6. The lowest BCUT2D eigenvalue weighted by Crippen LogP contribution is -2.43. The van der Waals surface area contributed by atoms with Crippen LogP contribution < -0.4 is 19.5 Å². The van der Waals surface area contributed by atoms with E-state index in [-0.39, 0.29) is 12.2 Å². The molecule has 1 unspecified atom stereocenters. The summed E-state index contributed by atoms with van der Waals surface area (Å²) in [4.78, 5) is 25.2. The van der Waals surface area contributed by atoms with Gasteiger partial charge in [-0.3, -0.25) is 4.79 Å². The molecule has 0 radical (unpaired) electrons. The van der Waals surface area contributed by atoms with Gasteiger partial charge in [0.25, 0.3) is 5.91 Å². The van der Waals surface area contributed by atoms with E-state index >= 15 is 0 Å². The Kier molecular flexibility index (Phi) is 7.68. The summed E-state index contributed by atoms with van der Waals surface area (Å²) in [5, 5.41) is 2.74. The summed E-state index contributed by atoms with van der Waals surface area (Å²) in [6.07, 6.45) is 0.315. The van der Waals surface area contributed by atoms with Gasteiger partial charge in [0, 0.05) is 12.0 Å². The van der Waals surface area contributed by atoms with Crippen LogP contribution in [-0.4, -0.2) is 45.9 Å². The molecule has 28 heavy (non-hydrogen) atoms. The van der Waals surface area contributed by atoms with Crippen LogP contribution in [-0.2, 0) is 16.0 Å². The van der Waals surface area contributed by atoms with Gasteiger partial charge in [-0.15, -0.1) is 0 Å². The van der Waals surface area contributed by atoms with Crippen LogP contribution in [0.3, 0.4) is 0 Å². The van der Waals surface area contributed by atoms with Gasteiger partial charge in [-0.25, -0.2) is 4.79 Å². The highest BCUT2D eigenvalue weighted by molar-refractivity contribution is 5.98. The highest BCUT2D eigenvalue weighted by Crippen LogP contribution is 2.38. The first-order valence-corrected chi connectivity index (χ1v) is 8.85. The third kappa shape index (κ3) is 5.16. The van der Waals surface area contributed by atoms with Gasteiger partial charge in [-0.05, 0) is 24.6 Å². The van der Waals surface area contributed by atoms with E-state index < -0.39 is 17.9 Å². The number of esters is 1. The standard InChI is InChI=1S/C21H25NO6/c1-5-28-21(24)16(11-14-9-7-6-8-10-14)22-20(23)15-12-17(25-2)19(27-4)18(13-15)26-3/h6-10,12-13,16H,5,11H2,1-4H3,(H,22,23). The van der Waals surface area contributed by atoms with Crippen molar-refractivity contribution < 1.29 is 28.5 Å². The molecule has 0 bridgehead atoms. The van der Waals surface area contributed by atoms with Gasteiger partial charge in [0.1, 0.15) is 6.04 Å². The van der Waals surface area contributed by atoms with E-state index in [4.69, 9.17) is 18.9 Å². The van der Waals surface area contributed by atoms with Crippen LogP contribution in [0.5, 0.6) is 17.2 Å². The third-order valence-electron chi connectivity index (χ3n) is 4.09. The van der Waals surface area contributed by atoms with Gasteiger partial charge < -0.3 is 24.3 Å². The Morgan fingerprint density at radius 3 is 2.07 bits per heavy atom. The first-order chi connectivity index (χ1) is 13.5. The number of amides is 1. The number of ether oxygens (including phenoxy) is 4. The van der Waals surface area contributed by atoms with Crippen molar-refractivity contribution in [2.45, 2.75) is 19.4 Å². The van der Waals surface area contributed by atoms with Crippen molar-refractivity contribution in [2.24, 2.45) is 0 Å². The minimum Gasteiger partial charge on any atom is -0.493 e. The molecule has 0 aliphatic rings. The van der Waals surface area contributed by atoms with E-state index in [9.17, 15) is 9.59 Å². The summed E-state index contributed by atoms with van der Waals surface area (Å²) < 4.78 is 20.9. The highest BCUT2D eigenvalue weighted by Gasteiger charge is 2.25. The Morgan fingerprint density at radius 1 is 0.964 bits per heavy atom. The van der Waals surface area contributed by atoms with Crippen LogP contribution in [0.2, 0.25) is 0 Å². The summed E-state index contributed by atoms with van der Waals surface area (Å²) in [5.41, 5.74) is 1.18. The van der Waals surface area contributed by atoms with Crippen LogP contribution in [0.15, 0.2) is 42.5 Å². The lowest BCUT2D eigenvalue weighted by molar-refractivity contribution is -0.145. The zero-order chi connectivity index (χ0) is 20.5. The lowest BCUT2D eigenvalue weighted by atomic mass is 10.1. The molecule has 7 nitrogen and oxygen atoms in total. The van der Waals surface area contributed by atoms with Gasteiger partial charge in [0.15, 0.2) is 11.5 Å². The van der Waals surface area contributed by atoms with Crippen LogP contribution in [0.1, 0.15) is 22.8 Å². The molecule has 0 saturated carbocycles. The summed E-state index contributed by atoms with van der Waals surface area (Å²) in [7, 11) is 4.42. The predicted octanol–water partition coefficient (Wildman–Crippen LogP) is 2.62. The number of carbonyl (C=O) groups excluding carboxylic acids is 2. The van der Waals surface area contributed by atoms with Crippen molar-refractivity contribution in [3.63, 3.8) is 0 Å². The Hall–Kier alpha value is -3.22. The second-order valence-corrected chi connectivity index (χ2v) is 5.88. The van der Waals surface area contributed by atoms with Crippen molar-refractivity contribution in [1.82, 2.24) is 5.32 Å². The SMILES string of the molecule is CCOC(=O)C(Cc1ccccc1)NC(=O)c1cc(OC)c(OC)c(OC)c1. The molecular weight excluding hydrogens is 362 g/mol. The molecule has 0 fully saturated rings. The van der Waals surface area contributed by atoms with Gasteiger partial charge >= 0.3 is 5.97 Å². The maximum atomic E-state index is 12.8. The van der Waals surface area contributed by atoms with Crippen molar-refractivity contribution in [3.8, 4) is 17.2 Å². The fraction of sp³-hybridized carbons (Fsp3) is 0.333. The second kappa shape index (κ2) is 10.2. The smallest absolute Gasteiger partial charge is 0.328 e. The molecule has 0 aliphatic carbocycles. The summed E-state index contributed by atoms with van der Waals surface area (Å²) in [5.74, 6) is 0.138. The fourth-order valence-corrected chi connectivity index (χ4v) is 2.74. The van der Waals surface area contributed by atoms with Crippen molar-refractivity contribution in [3.05, 3.63) is 53.6 Å². The number of hydrogen-bond acceptors (Lipinski definition) is 6. The van der Waals surface area contributed by atoms with Gasteiger partial charge in [0.2, 0.25) is 5.75 Å². The molecular formula is C21H25NO6. The average Bonchev–Trinajstić information content (AvgIpc) is 2.72. The zero-order valence-electron chi connectivity index (χ0n) is 16.5. The van der Waals surface area contributed by atoms with E-state index in [2.05, 4.69) is 5.32 Å². The number of hydrogen-bond donors (Lipinski definition) is 1. The normalized spacial score (nSPS) is 11.3. The molecule has 2 aromatic rings. The van der Waals surface area contributed by atoms with Gasteiger partial charge in [-0.2, -0.15) is 0 Å². The predicted molar refractivity (Wildman–Crippen MR) is 104 cm³/mol. The molecule has 1 N–H and O–H groups in total. The summed E-state index contributed by atoms with van der Waals surface area (Å²) >= 11 is 0. The van der Waals surface area contributed by atoms with Crippen LogP contribution >= 0.6 is 0 Å². The molecule has 2 rings (SSSR count). The minimum absolute atomic E-state index is 0.226. The molecule has 150 valence electrons. The van der Waals surface area contributed by atoms with Gasteiger partial charge in [-0.1, -0.05) is 30.3 Å². The fourth-order valence-electron chi connectivity index (χ4n) is 2.74.